The van der Waals surface area contributed by atoms with Crippen LogP contribution >= 0.6 is 11.3 Å². The number of rotatable bonds is 8. The number of hydrogen-bond donors (Lipinski definition) is 0. The molecule has 0 N–H and O–H groups in total. The molecule has 1 aliphatic carbocycles. The van der Waals surface area contributed by atoms with Crippen molar-refractivity contribution in [3.8, 4) is 17.6 Å². The van der Waals surface area contributed by atoms with E-state index in [-0.39, 0.29) is 5.91 Å². The third kappa shape index (κ3) is 5.18. The van der Waals surface area contributed by atoms with Gasteiger partial charge in [-0.1, -0.05) is 12.1 Å². The number of fused-ring (bicyclic) bond motifs is 1. The van der Waals surface area contributed by atoms with E-state index < -0.39 is 0 Å². The van der Waals surface area contributed by atoms with Gasteiger partial charge in [-0.05, 0) is 49.1 Å². The number of aromatic nitrogens is 3. The zero-order valence-corrected chi connectivity index (χ0v) is 22.4. The Morgan fingerprint density at radius 1 is 1.18 bits per heavy atom. The molecule has 1 aliphatic heterocycles. The highest BCUT2D eigenvalue weighted by Gasteiger charge is 2.28. The Hall–Kier alpha value is -4.36. The number of nitrogens with zero attached hydrogens (tertiary/aromatic N) is 6. The molecule has 1 saturated carbocycles. The Morgan fingerprint density at radius 2 is 2.03 bits per heavy atom. The van der Waals surface area contributed by atoms with Crippen LogP contribution in [0.15, 0.2) is 48.1 Å². The molecular weight excluding hydrogens is 512 g/mol. The first-order valence-corrected chi connectivity index (χ1v) is 13.9. The summed E-state index contributed by atoms with van der Waals surface area (Å²) >= 11 is 1.50. The van der Waals surface area contributed by atoms with Gasteiger partial charge < -0.3 is 19.3 Å². The number of ether oxygens (including phenoxy) is 2. The van der Waals surface area contributed by atoms with Gasteiger partial charge in [-0.3, -0.25) is 9.20 Å². The molecule has 2 fully saturated rings. The molecule has 3 aromatic heterocycles. The maximum Gasteiger partial charge on any atom is 0.273 e. The largest absolute Gasteiger partial charge is 0.493 e. The van der Waals surface area contributed by atoms with Crippen LogP contribution in [0.1, 0.15) is 40.2 Å². The molecule has 0 bridgehead atoms. The topological polar surface area (TPSA) is 96.0 Å². The highest BCUT2D eigenvalue weighted by Crippen LogP contribution is 2.36. The summed E-state index contributed by atoms with van der Waals surface area (Å²) in [5.74, 6) is 2.78. The summed E-state index contributed by atoms with van der Waals surface area (Å²) in [6, 6.07) is 11.5. The molecule has 1 saturated heterocycles. The second-order valence-corrected chi connectivity index (χ2v) is 10.5. The number of thiazole rings is 1. The smallest absolute Gasteiger partial charge is 0.273 e. The molecule has 0 radical (unpaired) electrons. The van der Waals surface area contributed by atoms with Crippen LogP contribution in [-0.4, -0.2) is 65.1 Å². The minimum atomic E-state index is -0.0520. The van der Waals surface area contributed by atoms with Crippen molar-refractivity contribution in [2.75, 3.05) is 44.8 Å². The monoisotopic (exact) mass is 540 g/mol. The molecule has 0 atom stereocenters. The number of imidazole rings is 1. The summed E-state index contributed by atoms with van der Waals surface area (Å²) in [6.45, 7) is 3.13. The number of piperazine rings is 1. The first-order chi connectivity index (χ1) is 19.1. The second-order valence-electron chi connectivity index (χ2n) is 9.66. The van der Waals surface area contributed by atoms with Gasteiger partial charge >= 0.3 is 0 Å². The number of carbonyl (C=O) groups is 1. The summed E-state index contributed by atoms with van der Waals surface area (Å²) < 4.78 is 13.6. The van der Waals surface area contributed by atoms with Crippen molar-refractivity contribution in [1.29, 1.82) is 5.26 Å². The average Bonchev–Trinajstić information content (AvgIpc) is 3.60. The molecule has 0 unspecified atom stereocenters. The number of nitriles is 1. The SMILES string of the molecule is COc1cccc(/C=C/c2nc3sccn3c2C(=O)N2CCN(c3ccc(C#N)cn3)CC2)c1OCC1CC1. The van der Waals surface area contributed by atoms with Crippen molar-refractivity contribution in [2.24, 2.45) is 5.92 Å². The zero-order chi connectivity index (χ0) is 26.8. The van der Waals surface area contributed by atoms with Crippen molar-refractivity contribution in [1.82, 2.24) is 19.3 Å². The molecule has 4 aromatic rings. The lowest BCUT2D eigenvalue weighted by atomic mass is 10.1. The van der Waals surface area contributed by atoms with E-state index in [4.69, 9.17) is 19.7 Å². The molecule has 1 amide bonds. The standard InChI is InChI=1S/C29H28N6O3S/c1-37-24-4-2-3-22(27(24)38-19-20-5-6-20)8-9-23-26(35-15-16-39-29(35)32-23)28(36)34-13-11-33(12-14-34)25-10-7-21(17-30)18-31-25/h2-4,7-10,15-16,18,20H,5-6,11-14,19H2,1H3/b9-8+. The van der Waals surface area contributed by atoms with E-state index in [0.717, 1.165) is 16.3 Å². The molecule has 0 spiro atoms. The first-order valence-electron chi connectivity index (χ1n) is 13.0. The molecule has 2 aliphatic rings. The van der Waals surface area contributed by atoms with E-state index in [1.54, 1.807) is 19.4 Å². The van der Waals surface area contributed by atoms with Crippen LogP contribution in [0.3, 0.4) is 0 Å². The molecule has 198 valence electrons. The second kappa shape index (κ2) is 10.8. The minimum Gasteiger partial charge on any atom is -0.493 e. The third-order valence-corrected chi connectivity index (χ3v) is 7.83. The Bertz CT molecular complexity index is 1560. The lowest BCUT2D eigenvalue weighted by molar-refractivity contribution is 0.0739. The Morgan fingerprint density at radius 3 is 2.74 bits per heavy atom. The van der Waals surface area contributed by atoms with Crippen LogP contribution in [0.2, 0.25) is 0 Å². The van der Waals surface area contributed by atoms with Gasteiger partial charge in [0.2, 0.25) is 0 Å². The van der Waals surface area contributed by atoms with Crippen molar-refractivity contribution in [2.45, 2.75) is 12.8 Å². The fourth-order valence-electron chi connectivity index (χ4n) is 4.69. The van der Waals surface area contributed by atoms with E-state index >= 15 is 0 Å². The first kappa shape index (κ1) is 24.9. The molecule has 39 heavy (non-hydrogen) atoms. The third-order valence-electron chi connectivity index (χ3n) is 7.07. The van der Waals surface area contributed by atoms with Crippen LogP contribution in [0, 0.1) is 17.2 Å². The molecule has 6 rings (SSSR count). The fraction of sp³-hybridized carbons (Fsp3) is 0.310. The van der Waals surface area contributed by atoms with Crippen molar-refractivity contribution in [3.63, 3.8) is 0 Å². The van der Waals surface area contributed by atoms with Crippen LogP contribution in [0.25, 0.3) is 17.1 Å². The lowest BCUT2D eigenvalue weighted by Crippen LogP contribution is -2.49. The Balaban J connectivity index is 1.23. The number of para-hydroxylation sites is 1. The van der Waals surface area contributed by atoms with Crippen molar-refractivity contribution in [3.05, 3.63) is 70.6 Å². The van der Waals surface area contributed by atoms with Gasteiger partial charge in [0, 0.05) is 49.5 Å². The van der Waals surface area contributed by atoms with E-state index in [1.165, 1.54) is 24.2 Å². The number of anilines is 1. The molecule has 9 nitrogen and oxygen atoms in total. The van der Waals surface area contributed by atoms with Gasteiger partial charge in [-0.15, -0.1) is 11.3 Å². The summed E-state index contributed by atoms with van der Waals surface area (Å²) in [7, 11) is 1.64. The summed E-state index contributed by atoms with van der Waals surface area (Å²) in [6.07, 6.45) is 9.72. The predicted octanol–water partition coefficient (Wildman–Crippen LogP) is 4.59. The van der Waals surface area contributed by atoms with Crippen LogP contribution in [-0.2, 0) is 0 Å². The molecule has 1 aromatic carbocycles. The van der Waals surface area contributed by atoms with E-state index in [0.29, 0.717) is 67.2 Å². The van der Waals surface area contributed by atoms with Crippen LogP contribution < -0.4 is 14.4 Å². The Kier molecular flexibility index (Phi) is 6.90. The van der Waals surface area contributed by atoms with Gasteiger partial charge in [0.05, 0.1) is 25.0 Å². The summed E-state index contributed by atoms with van der Waals surface area (Å²) in [4.78, 5) is 27.7. The molecular formula is C29H28N6O3S. The summed E-state index contributed by atoms with van der Waals surface area (Å²) in [5.41, 5.74) is 2.59. The molecule has 10 heteroatoms. The maximum atomic E-state index is 13.8. The fourth-order valence-corrected chi connectivity index (χ4v) is 5.41. The number of hydrogen-bond acceptors (Lipinski definition) is 8. The number of methoxy groups -OCH3 is 1. The normalized spacial score (nSPS) is 15.6. The number of amides is 1. The maximum absolute atomic E-state index is 13.8. The van der Waals surface area contributed by atoms with Crippen LogP contribution in [0.5, 0.6) is 11.5 Å². The van der Waals surface area contributed by atoms with Gasteiger partial charge in [0.15, 0.2) is 16.5 Å². The number of pyridine rings is 1. The lowest BCUT2D eigenvalue weighted by Gasteiger charge is -2.35. The number of carbonyl (C=O) groups excluding carboxylic acids is 1. The highest BCUT2D eigenvalue weighted by atomic mass is 32.1. The van der Waals surface area contributed by atoms with Crippen LogP contribution in [0.4, 0.5) is 5.82 Å². The summed E-state index contributed by atoms with van der Waals surface area (Å²) in [5, 5.41) is 11.0. The highest BCUT2D eigenvalue weighted by molar-refractivity contribution is 7.15. The van der Waals surface area contributed by atoms with Gasteiger partial charge in [0.1, 0.15) is 17.6 Å². The quantitative estimate of drug-likeness (QED) is 0.322. The van der Waals surface area contributed by atoms with Crippen molar-refractivity contribution >= 4 is 40.2 Å². The predicted molar refractivity (Wildman–Crippen MR) is 150 cm³/mol. The average molecular weight is 541 g/mol. The van der Waals surface area contributed by atoms with E-state index in [1.807, 2.05) is 57.3 Å². The van der Waals surface area contributed by atoms with Crippen molar-refractivity contribution < 1.29 is 14.3 Å². The van der Waals surface area contributed by atoms with E-state index in [2.05, 4.69) is 16.0 Å². The van der Waals surface area contributed by atoms with Gasteiger partial charge in [-0.25, -0.2) is 9.97 Å². The minimum absolute atomic E-state index is 0.0520. The van der Waals surface area contributed by atoms with Gasteiger partial charge in [0.25, 0.3) is 5.91 Å². The van der Waals surface area contributed by atoms with E-state index in [9.17, 15) is 4.79 Å². The Labute approximate surface area is 230 Å². The van der Waals surface area contributed by atoms with Gasteiger partial charge in [-0.2, -0.15) is 5.26 Å². The number of benzene rings is 1. The zero-order valence-electron chi connectivity index (χ0n) is 21.6. The molecule has 4 heterocycles.